The monoisotopic (exact) mass is 340 g/mol. The second-order valence-electron chi connectivity index (χ2n) is 8.75. The first-order chi connectivity index (χ1) is 12.8. The average Bonchev–Trinajstić information content (AvgIpc) is 3.37. The number of fused-ring (bicyclic) bond motifs is 8. The van der Waals surface area contributed by atoms with E-state index >= 15 is 0 Å². The van der Waals surface area contributed by atoms with E-state index in [1.54, 1.807) is 11.1 Å². The summed E-state index contributed by atoms with van der Waals surface area (Å²) in [5.41, 5.74) is 5.93. The van der Waals surface area contributed by atoms with E-state index in [2.05, 4.69) is 60.7 Å². The second-order valence-corrected chi connectivity index (χ2v) is 8.75. The molecule has 0 heterocycles. The molecule has 6 rings (SSSR count). The lowest BCUT2D eigenvalue weighted by atomic mass is 9.64. The molecule has 0 amide bonds. The molecular weight excluding hydrogens is 316 g/mol. The summed E-state index contributed by atoms with van der Waals surface area (Å²) in [5.74, 6) is 3.09. The SMILES string of the molecule is O=C1[C@H](c2ccccc2)[C@H]2C[C@@H](C3=C2[C@H]2CC[C@H]3C2)[C@H]1c1ccccc1. The van der Waals surface area contributed by atoms with Crippen LogP contribution in [0.3, 0.4) is 0 Å². The van der Waals surface area contributed by atoms with Crippen molar-refractivity contribution >= 4 is 5.78 Å². The van der Waals surface area contributed by atoms with E-state index in [0.29, 0.717) is 17.6 Å². The van der Waals surface area contributed by atoms with Crippen LogP contribution in [0.4, 0.5) is 0 Å². The third kappa shape index (κ3) is 1.89. The lowest BCUT2D eigenvalue weighted by Gasteiger charge is -2.37. The predicted octanol–water partition coefficient (Wildman–Crippen LogP) is 5.50. The van der Waals surface area contributed by atoms with Crippen molar-refractivity contribution in [2.24, 2.45) is 23.7 Å². The summed E-state index contributed by atoms with van der Waals surface area (Å²) in [5, 5.41) is 0. The van der Waals surface area contributed by atoms with Crippen LogP contribution in [0.5, 0.6) is 0 Å². The Hall–Kier alpha value is -2.15. The Morgan fingerprint density at radius 3 is 1.54 bits per heavy atom. The standard InChI is InChI=1S/C25H24O/c26-25-23(15-7-3-1-4-8-15)19-14-20(24(25)16-9-5-2-6-10-16)22-18-12-11-17(13-18)21(19)22/h1-10,17-20,23-24H,11-14H2/t17-,18-,19-,20-,23+,24+/m0/s1. The molecule has 2 saturated carbocycles. The van der Waals surface area contributed by atoms with Gasteiger partial charge in [-0.1, -0.05) is 71.8 Å². The molecule has 4 aliphatic rings. The summed E-state index contributed by atoms with van der Waals surface area (Å²) >= 11 is 0. The smallest absolute Gasteiger partial charge is 0.148 e. The maximum atomic E-state index is 13.8. The van der Waals surface area contributed by atoms with Crippen molar-refractivity contribution in [3.8, 4) is 0 Å². The number of Topliss-reactive ketones (excluding diaryl/α,β-unsaturated/α-hetero) is 1. The Morgan fingerprint density at radius 1 is 0.615 bits per heavy atom. The second kappa shape index (κ2) is 5.42. The van der Waals surface area contributed by atoms with E-state index in [4.69, 9.17) is 0 Å². The van der Waals surface area contributed by atoms with Crippen molar-refractivity contribution in [3.63, 3.8) is 0 Å². The Bertz CT molecular complexity index is 823. The molecule has 6 atom stereocenters. The van der Waals surface area contributed by atoms with Gasteiger partial charge in [0, 0.05) is 11.8 Å². The minimum absolute atomic E-state index is 0.0597. The van der Waals surface area contributed by atoms with Crippen LogP contribution in [0.2, 0.25) is 0 Å². The largest absolute Gasteiger partial charge is 0.298 e. The van der Waals surface area contributed by atoms with Crippen LogP contribution in [-0.2, 0) is 4.79 Å². The highest BCUT2D eigenvalue weighted by Crippen LogP contribution is 2.66. The fourth-order valence-electron chi connectivity index (χ4n) is 6.91. The number of rotatable bonds is 2. The van der Waals surface area contributed by atoms with Crippen LogP contribution in [0.1, 0.15) is 48.6 Å². The van der Waals surface area contributed by atoms with Gasteiger partial charge in [-0.25, -0.2) is 0 Å². The minimum Gasteiger partial charge on any atom is -0.298 e. The van der Waals surface area contributed by atoms with Gasteiger partial charge in [0.05, 0.1) is 0 Å². The Kier molecular flexibility index (Phi) is 3.12. The van der Waals surface area contributed by atoms with Crippen LogP contribution >= 0.6 is 0 Å². The highest BCUT2D eigenvalue weighted by atomic mass is 16.1. The number of benzene rings is 2. The molecule has 2 aromatic carbocycles. The van der Waals surface area contributed by atoms with Crippen molar-refractivity contribution in [3.05, 3.63) is 82.9 Å². The van der Waals surface area contributed by atoms with Gasteiger partial charge < -0.3 is 0 Å². The lowest BCUT2D eigenvalue weighted by molar-refractivity contribution is -0.125. The molecule has 0 saturated heterocycles. The molecule has 130 valence electrons. The molecule has 1 heteroatoms. The molecule has 0 radical (unpaired) electrons. The molecule has 2 aromatic rings. The zero-order valence-electron chi connectivity index (χ0n) is 15.0. The molecule has 4 aliphatic carbocycles. The van der Waals surface area contributed by atoms with Crippen LogP contribution < -0.4 is 0 Å². The fraction of sp³-hybridized carbons (Fsp3) is 0.400. The number of hydrogen-bond acceptors (Lipinski definition) is 1. The topological polar surface area (TPSA) is 17.1 Å². The Morgan fingerprint density at radius 2 is 1.08 bits per heavy atom. The van der Waals surface area contributed by atoms with Crippen LogP contribution in [-0.4, -0.2) is 5.78 Å². The Labute approximate surface area is 155 Å². The number of carbonyl (C=O) groups excluding carboxylic acids is 1. The third-order valence-electron chi connectivity index (χ3n) is 7.69. The molecular formula is C25H24O. The maximum absolute atomic E-state index is 13.8. The van der Waals surface area contributed by atoms with Crippen molar-refractivity contribution in [2.45, 2.75) is 37.5 Å². The summed E-state index contributed by atoms with van der Waals surface area (Å²) in [7, 11) is 0. The first-order valence-electron chi connectivity index (χ1n) is 10.2. The number of carbonyl (C=O) groups is 1. The number of hydrogen-bond donors (Lipinski definition) is 0. The molecule has 0 N–H and O–H groups in total. The number of ketones is 1. The molecule has 26 heavy (non-hydrogen) atoms. The van der Waals surface area contributed by atoms with E-state index in [1.165, 1.54) is 36.8 Å². The first kappa shape index (κ1) is 15.0. The van der Waals surface area contributed by atoms with Gasteiger partial charge in [0.15, 0.2) is 0 Å². The van der Waals surface area contributed by atoms with Gasteiger partial charge in [-0.3, -0.25) is 4.79 Å². The van der Waals surface area contributed by atoms with Crippen LogP contribution in [0, 0.1) is 23.7 Å². The molecule has 0 unspecified atom stereocenters. The Balaban J connectivity index is 1.53. The quantitative estimate of drug-likeness (QED) is 0.521. The summed E-state index contributed by atoms with van der Waals surface area (Å²) < 4.78 is 0. The molecule has 0 spiro atoms. The average molecular weight is 340 g/mol. The number of allylic oxidation sites excluding steroid dienone is 2. The normalized spacial score (nSPS) is 37.3. The zero-order valence-corrected chi connectivity index (χ0v) is 15.0. The van der Waals surface area contributed by atoms with Gasteiger partial charge in [0.25, 0.3) is 0 Å². The molecule has 1 nitrogen and oxygen atoms in total. The van der Waals surface area contributed by atoms with Crippen LogP contribution in [0.25, 0.3) is 0 Å². The minimum atomic E-state index is 0.0597. The van der Waals surface area contributed by atoms with Crippen molar-refractivity contribution in [1.82, 2.24) is 0 Å². The van der Waals surface area contributed by atoms with E-state index in [9.17, 15) is 4.79 Å². The van der Waals surface area contributed by atoms with E-state index in [0.717, 1.165) is 11.8 Å². The van der Waals surface area contributed by atoms with Crippen molar-refractivity contribution in [1.29, 1.82) is 0 Å². The summed E-state index contributed by atoms with van der Waals surface area (Å²) in [4.78, 5) is 13.8. The van der Waals surface area contributed by atoms with Crippen molar-refractivity contribution < 1.29 is 4.79 Å². The molecule has 0 aromatic heterocycles. The van der Waals surface area contributed by atoms with Gasteiger partial charge in [-0.05, 0) is 60.5 Å². The molecule has 0 aliphatic heterocycles. The maximum Gasteiger partial charge on any atom is 0.148 e. The van der Waals surface area contributed by atoms with Crippen molar-refractivity contribution in [2.75, 3.05) is 0 Å². The predicted molar refractivity (Wildman–Crippen MR) is 103 cm³/mol. The first-order valence-corrected chi connectivity index (χ1v) is 10.2. The summed E-state index contributed by atoms with van der Waals surface area (Å²) in [6, 6.07) is 21.2. The zero-order chi connectivity index (χ0) is 17.3. The van der Waals surface area contributed by atoms with Gasteiger partial charge in [-0.2, -0.15) is 0 Å². The molecule has 4 bridgehead atoms. The molecule has 2 fully saturated rings. The third-order valence-corrected chi connectivity index (χ3v) is 7.69. The highest BCUT2D eigenvalue weighted by molar-refractivity contribution is 5.95. The summed E-state index contributed by atoms with van der Waals surface area (Å²) in [6.45, 7) is 0. The van der Waals surface area contributed by atoms with Gasteiger partial charge in [-0.15, -0.1) is 0 Å². The summed E-state index contributed by atoms with van der Waals surface area (Å²) in [6.07, 6.45) is 5.29. The lowest BCUT2D eigenvalue weighted by Crippen LogP contribution is -2.36. The van der Waals surface area contributed by atoms with E-state index < -0.39 is 0 Å². The highest BCUT2D eigenvalue weighted by Gasteiger charge is 2.58. The van der Waals surface area contributed by atoms with Gasteiger partial charge >= 0.3 is 0 Å². The van der Waals surface area contributed by atoms with Gasteiger partial charge in [0.2, 0.25) is 0 Å². The van der Waals surface area contributed by atoms with E-state index in [1.807, 2.05) is 0 Å². The van der Waals surface area contributed by atoms with Crippen LogP contribution in [0.15, 0.2) is 71.8 Å². The van der Waals surface area contributed by atoms with E-state index in [-0.39, 0.29) is 11.8 Å². The van der Waals surface area contributed by atoms with Gasteiger partial charge in [0.1, 0.15) is 5.78 Å². The fourth-order valence-corrected chi connectivity index (χ4v) is 6.91.